The van der Waals surface area contributed by atoms with Crippen LogP contribution in [-0.4, -0.2) is 30.8 Å². The van der Waals surface area contributed by atoms with Gasteiger partial charge in [-0.15, -0.1) is 0 Å². The number of pyridine rings is 1. The summed E-state index contributed by atoms with van der Waals surface area (Å²) in [5.74, 6) is 0. The highest BCUT2D eigenvalue weighted by atomic mass is 16.5. The minimum Gasteiger partial charge on any atom is -0.396 e. The van der Waals surface area contributed by atoms with Gasteiger partial charge in [-0.1, -0.05) is 0 Å². The number of hydrogen-bond donors (Lipinski definition) is 1. The molecule has 1 fully saturated rings. The van der Waals surface area contributed by atoms with Gasteiger partial charge >= 0.3 is 0 Å². The van der Waals surface area contributed by atoms with Gasteiger partial charge in [-0.3, -0.25) is 4.98 Å². The van der Waals surface area contributed by atoms with Crippen molar-refractivity contribution in [2.24, 2.45) is 0 Å². The molecule has 0 radical (unpaired) electrons. The van der Waals surface area contributed by atoms with Crippen molar-refractivity contribution in [3.05, 3.63) is 30.5 Å². The minimum absolute atomic E-state index is 0.242. The van der Waals surface area contributed by atoms with E-state index in [1.165, 1.54) is 0 Å². The van der Waals surface area contributed by atoms with Gasteiger partial charge in [0.1, 0.15) is 0 Å². The standard InChI is InChI=1S/C15H19N3O/c1-11-10-18(8-3-9-19-11)14-6-5-13-12(15(14)16)4-2-7-17-13/h2,4-7,11H,3,8-10,16H2,1H3. The number of benzene rings is 1. The van der Waals surface area contributed by atoms with E-state index in [9.17, 15) is 0 Å². The highest BCUT2D eigenvalue weighted by molar-refractivity contribution is 5.97. The van der Waals surface area contributed by atoms with Gasteiger partial charge in [0.05, 0.1) is 23.0 Å². The smallest absolute Gasteiger partial charge is 0.0724 e. The van der Waals surface area contributed by atoms with E-state index in [0.717, 1.165) is 48.4 Å². The lowest BCUT2D eigenvalue weighted by Crippen LogP contribution is -2.30. The second-order valence-electron chi connectivity index (χ2n) is 5.05. The fourth-order valence-electron chi connectivity index (χ4n) is 2.65. The highest BCUT2D eigenvalue weighted by Crippen LogP contribution is 2.31. The monoisotopic (exact) mass is 257 g/mol. The summed E-state index contributed by atoms with van der Waals surface area (Å²) in [5, 5.41) is 1.03. The van der Waals surface area contributed by atoms with Crippen molar-refractivity contribution in [1.82, 2.24) is 4.98 Å². The lowest BCUT2D eigenvalue weighted by atomic mass is 10.1. The Kier molecular flexibility index (Phi) is 3.25. The van der Waals surface area contributed by atoms with Gasteiger partial charge in [-0.25, -0.2) is 0 Å². The predicted octanol–water partition coefficient (Wildman–Crippen LogP) is 2.43. The molecule has 1 unspecified atom stereocenters. The molecular formula is C15H19N3O. The second-order valence-corrected chi connectivity index (χ2v) is 5.05. The number of fused-ring (bicyclic) bond motifs is 1. The largest absolute Gasteiger partial charge is 0.396 e. The van der Waals surface area contributed by atoms with Crippen LogP contribution in [0.25, 0.3) is 10.9 Å². The molecule has 0 spiro atoms. The number of nitrogen functional groups attached to an aromatic ring is 1. The molecule has 1 saturated heterocycles. The van der Waals surface area contributed by atoms with Crippen molar-refractivity contribution < 1.29 is 4.74 Å². The topological polar surface area (TPSA) is 51.4 Å². The first kappa shape index (κ1) is 12.2. The molecule has 1 aliphatic heterocycles. The quantitative estimate of drug-likeness (QED) is 0.797. The van der Waals surface area contributed by atoms with Gasteiger partial charge in [0.2, 0.25) is 0 Å². The van der Waals surface area contributed by atoms with Crippen molar-refractivity contribution in [3.63, 3.8) is 0 Å². The first-order valence-corrected chi connectivity index (χ1v) is 6.75. The van der Waals surface area contributed by atoms with E-state index < -0.39 is 0 Å². The Bertz CT molecular complexity index is 585. The molecule has 4 heteroatoms. The molecule has 0 saturated carbocycles. The molecular weight excluding hydrogens is 238 g/mol. The fraction of sp³-hybridized carbons (Fsp3) is 0.400. The van der Waals surface area contributed by atoms with Crippen molar-refractivity contribution in [3.8, 4) is 0 Å². The molecule has 3 rings (SSSR count). The van der Waals surface area contributed by atoms with Crippen LogP contribution in [0.3, 0.4) is 0 Å². The molecule has 1 atom stereocenters. The molecule has 1 aromatic carbocycles. The molecule has 1 aliphatic rings. The van der Waals surface area contributed by atoms with E-state index in [4.69, 9.17) is 10.5 Å². The van der Waals surface area contributed by atoms with Gasteiger partial charge in [0.25, 0.3) is 0 Å². The zero-order valence-corrected chi connectivity index (χ0v) is 11.2. The SMILES string of the molecule is CC1CN(c2ccc3ncccc3c2N)CCCO1. The van der Waals surface area contributed by atoms with Crippen LogP contribution in [0.1, 0.15) is 13.3 Å². The summed E-state index contributed by atoms with van der Waals surface area (Å²) in [7, 11) is 0. The third-order valence-electron chi connectivity index (χ3n) is 3.60. The fourth-order valence-corrected chi connectivity index (χ4v) is 2.65. The summed E-state index contributed by atoms with van der Waals surface area (Å²) in [6.07, 6.45) is 3.07. The van der Waals surface area contributed by atoms with E-state index in [0.29, 0.717) is 0 Å². The van der Waals surface area contributed by atoms with Crippen LogP contribution in [0, 0.1) is 0 Å². The maximum Gasteiger partial charge on any atom is 0.0724 e. The number of nitrogens with zero attached hydrogens (tertiary/aromatic N) is 2. The van der Waals surface area contributed by atoms with Crippen molar-refractivity contribution in [2.45, 2.75) is 19.4 Å². The lowest BCUT2D eigenvalue weighted by Gasteiger charge is -2.26. The summed E-state index contributed by atoms with van der Waals surface area (Å²) >= 11 is 0. The molecule has 2 heterocycles. The van der Waals surface area contributed by atoms with Crippen LogP contribution in [0.5, 0.6) is 0 Å². The first-order valence-electron chi connectivity index (χ1n) is 6.75. The molecule has 2 aromatic rings. The Labute approximate surface area is 113 Å². The van der Waals surface area contributed by atoms with Crippen LogP contribution in [0.2, 0.25) is 0 Å². The summed E-state index contributed by atoms with van der Waals surface area (Å²) in [6, 6.07) is 8.07. The van der Waals surface area contributed by atoms with E-state index in [1.54, 1.807) is 6.20 Å². The molecule has 0 aliphatic carbocycles. The van der Waals surface area contributed by atoms with Gasteiger partial charge in [0, 0.05) is 31.3 Å². The molecule has 4 nitrogen and oxygen atoms in total. The number of ether oxygens (including phenoxy) is 1. The van der Waals surface area contributed by atoms with Crippen LogP contribution < -0.4 is 10.6 Å². The molecule has 0 bridgehead atoms. The average Bonchev–Trinajstić information content (AvgIpc) is 2.64. The molecule has 1 aromatic heterocycles. The third kappa shape index (κ3) is 2.36. The number of hydrogen-bond acceptors (Lipinski definition) is 4. The number of aromatic nitrogens is 1. The Morgan fingerprint density at radius 2 is 2.26 bits per heavy atom. The Morgan fingerprint density at radius 1 is 1.37 bits per heavy atom. The summed E-state index contributed by atoms with van der Waals surface area (Å²) < 4.78 is 5.69. The normalized spacial score (nSPS) is 20.5. The Balaban J connectivity index is 2.02. The molecule has 0 amide bonds. The van der Waals surface area contributed by atoms with Crippen LogP contribution in [0.15, 0.2) is 30.5 Å². The van der Waals surface area contributed by atoms with Crippen molar-refractivity contribution in [2.75, 3.05) is 30.3 Å². The summed E-state index contributed by atoms with van der Waals surface area (Å²) in [5.41, 5.74) is 9.19. The maximum atomic E-state index is 6.32. The third-order valence-corrected chi connectivity index (χ3v) is 3.60. The minimum atomic E-state index is 0.242. The summed E-state index contributed by atoms with van der Waals surface area (Å²) in [4.78, 5) is 6.66. The van der Waals surface area contributed by atoms with Gasteiger partial charge in [-0.2, -0.15) is 0 Å². The zero-order chi connectivity index (χ0) is 13.2. The van der Waals surface area contributed by atoms with Gasteiger partial charge < -0.3 is 15.4 Å². The van der Waals surface area contributed by atoms with E-state index in [1.807, 2.05) is 18.2 Å². The average molecular weight is 257 g/mol. The maximum absolute atomic E-state index is 6.32. The highest BCUT2D eigenvalue weighted by Gasteiger charge is 2.18. The zero-order valence-electron chi connectivity index (χ0n) is 11.2. The van der Waals surface area contributed by atoms with Crippen LogP contribution in [-0.2, 0) is 4.74 Å². The molecule has 100 valence electrons. The summed E-state index contributed by atoms with van der Waals surface area (Å²) in [6.45, 7) is 4.81. The van der Waals surface area contributed by atoms with Gasteiger partial charge in [0.15, 0.2) is 0 Å². The van der Waals surface area contributed by atoms with E-state index in [-0.39, 0.29) is 6.10 Å². The molecule has 2 N–H and O–H groups in total. The molecule has 19 heavy (non-hydrogen) atoms. The van der Waals surface area contributed by atoms with Crippen LogP contribution in [0.4, 0.5) is 11.4 Å². The Morgan fingerprint density at radius 3 is 3.16 bits per heavy atom. The first-order chi connectivity index (χ1) is 9.25. The second kappa shape index (κ2) is 5.05. The number of nitrogens with two attached hydrogens (primary N) is 1. The van der Waals surface area contributed by atoms with Crippen molar-refractivity contribution >= 4 is 22.3 Å². The van der Waals surface area contributed by atoms with E-state index >= 15 is 0 Å². The van der Waals surface area contributed by atoms with Crippen LogP contribution >= 0.6 is 0 Å². The van der Waals surface area contributed by atoms with Crippen molar-refractivity contribution in [1.29, 1.82) is 0 Å². The number of anilines is 2. The Hall–Kier alpha value is -1.81. The van der Waals surface area contributed by atoms with E-state index in [2.05, 4.69) is 22.9 Å². The lowest BCUT2D eigenvalue weighted by molar-refractivity contribution is 0.0821. The van der Waals surface area contributed by atoms with Gasteiger partial charge in [-0.05, 0) is 37.6 Å². The number of rotatable bonds is 1. The predicted molar refractivity (Wildman–Crippen MR) is 78.4 cm³/mol.